The minimum absolute atomic E-state index is 0.0856. The van der Waals surface area contributed by atoms with Crippen molar-refractivity contribution in [3.63, 3.8) is 0 Å². The molecule has 3 heteroatoms. The van der Waals surface area contributed by atoms with E-state index in [1.54, 1.807) is 0 Å². The van der Waals surface area contributed by atoms with Gasteiger partial charge in [0.05, 0.1) is 11.2 Å². The Morgan fingerprint density at radius 3 is 2.67 bits per heavy atom. The fraction of sp³-hybridized carbons (Fsp3) is 0.583. The Morgan fingerprint density at radius 2 is 2.13 bits per heavy atom. The predicted molar refractivity (Wildman–Crippen MR) is 61.5 cm³/mol. The third-order valence-corrected chi connectivity index (χ3v) is 3.42. The third kappa shape index (κ3) is 1.90. The van der Waals surface area contributed by atoms with Crippen LogP contribution in [0, 0.1) is 0 Å². The van der Waals surface area contributed by atoms with Crippen LogP contribution in [-0.4, -0.2) is 29.5 Å². The number of aromatic nitrogens is 1. The van der Waals surface area contributed by atoms with E-state index in [2.05, 4.69) is 22.9 Å². The molecule has 0 unspecified atom stereocenters. The minimum atomic E-state index is -0.0856. The van der Waals surface area contributed by atoms with E-state index >= 15 is 0 Å². The SMILES string of the molecule is C[C@@](CN)(c1ccccn1)N1CCCC1. The van der Waals surface area contributed by atoms with Gasteiger partial charge in [-0.2, -0.15) is 0 Å². The molecule has 1 aromatic heterocycles. The molecule has 1 fully saturated rings. The quantitative estimate of drug-likeness (QED) is 0.810. The number of nitrogens with zero attached hydrogens (tertiary/aromatic N) is 2. The van der Waals surface area contributed by atoms with Crippen LogP contribution in [0.25, 0.3) is 0 Å². The van der Waals surface area contributed by atoms with Crippen molar-refractivity contribution >= 4 is 0 Å². The first-order chi connectivity index (χ1) is 7.27. The van der Waals surface area contributed by atoms with Gasteiger partial charge in [0, 0.05) is 12.7 Å². The van der Waals surface area contributed by atoms with E-state index in [1.807, 2.05) is 18.3 Å². The van der Waals surface area contributed by atoms with Gasteiger partial charge in [-0.05, 0) is 45.0 Å². The molecule has 2 N–H and O–H groups in total. The number of hydrogen-bond donors (Lipinski definition) is 1. The molecule has 82 valence electrons. The van der Waals surface area contributed by atoms with Gasteiger partial charge < -0.3 is 5.73 Å². The molecule has 2 rings (SSSR count). The van der Waals surface area contributed by atoms with Gasteiger partial charge in [0.1, 0.15) is 0 Å². The molecule has 2 heterocycles. The molecule has 0 amide bonds. The zero-order chi connectivity index (χ0) is 10.7. The Labute approximate surface area is 91.3 Å². The number of nitrogens with two attached hydrogens (primary N) is 1. The van der Waals surface area contributed by atoms with Gasteiger partial charge in [-0.3, -0.25) is 9.88 Å². The van der Waals surface area contributed by atoms with E-state index in [4.69, 9.17) is 5.73 Å². The highest BCUT2D eigenvalue weighted by Gasteiger charge is 2.34. The van der Waals surface area contributed by atoms with Gasteiger partial charge in [0.2, 0.25) is 0 Å². The van der Waals surface area contributed by atoms with E-state index in [0.717, 1.165) is 18.8 Å². The molecule has 0 bridgehead atoms. The Hall–Kier alpha value is -0.930. The normalized spacial score (nSPS) is 21.5. The summed E-state index contributed by atoms with van der Waals surface area (Å²) in [5, 5.41) is 0. The molecule has 0 aliphatic carbocycles. The Bertz CT molecular complexity index is 306. The lowest BCUT2D eigenvalue weighted by Gasteiger charge is -2.37. The van der Waals surface area contributed by atoms with Crippen molar-refractivity contribution in [2.45, 2.75) is 25.3 Å². The average Bonchev–Trinajstić information content (AvgIpc) is 2.83. The summed E-state index contributed by atoms with van der Waals surface area (Å²) in [5.41, 5.74) is 6.94. The highest BCUT2D eigenvalue weighted by atomic mass is 15.2. The largest absolute Gasteiger partial charge is 0.328 e. The van der Waals surface area contributed by atoms with E-state index < -0.39 is 0 Å². The summed E-state index contributed by atoms with van der Waals surface area (Å²) < 4.78 is 0. The standard InChI is InChI=1S/C12H19N3/c1-12(10-13,15-8-4-5-9-15)11-6-2-3-7-14-11/h2-3,6-7H,4-5,8-10,13H2,1H3/t12-/m1/s1. The topological polar surface area (TPSA) is 42.1 Å². The molecular weight excluding hydrogens is 186 g/mol. The van der Waals surface area contributed by atoms with Gasteiger partial charge in [-0.1, -0.05) is 6.07 Å². The molecule has 1 atom stereocenters. The molecule has 0 spiro atoms. The lowest BCUT2D eigenvalue weighted by Crippen LogP contribution is -2.48. The molecular formula is C12H19N3. The maximum Gasteiger partial charge on any atom is 0.0728 e. The smallest absolute Gasteiger partial charge is 0.0728 e. The van der Waals surface area contributed by atoms with Crippen molar-refractivity contribution in [3.8, 4) is 0 Å². The molecule has 1 aliphatic rings. The zero-order valence-corrected chi connectivity index (χ0v) is 9.32. The maximum atomic E-state index is 5.94. The summed E-state index contributed by atoms with van der Waals surface area (Å²) in [5.74, 6) is 0. The van der Waals surface area contributed by atoms with Crippen molar-refractivity contribution in [1.82, 2.24) is 9.88 Å². The summed E-state index contributed by atoms with van der Waals surface area (Å²) in [6, 6.07) is 6.06. The second-order valence-corrected chi connectivity index (χ2v) is 4.39. The third-order valence-electron chi connectivity index (χ3n) is 3.42. The Balaban J connectivity index is 2.28. The van der Waals surface area contributed by atoms with E-state index in [0.29, 0.717) is 6.54 Å². The molecule has 0 radical (unpaired) electrons. The van der Waals surface area contributed by atoms with Crippen molar-refractivity contribution < 1.29 is 0 Å². The van der Waals surface area contributed by atoms with Crippen LogP contribution in [0.2, 0.25) is 0 Å². The van der Waals surface area contributed by atoms with Crippen LogP contribution >= 0.6 is 0 Å². The van der Waals surface area contributed by atoms with Crippen LogP contribution in [-0.2, 0) is 5.54 Å². The average molecular weight is 205 g/mol. The van der Waals surface area contributed by atoms with Crippen LogP contribution < -0.4 is 5.73 Å². The van der Waals surface area contributed by atoms with Crippen molar-refractivity contribution in [3.05, 3.63) is 30.1 Å². The number of hydrogen-bond acceptors (Lipinski definition) is 3. The van der Waals surface area contributed by atoms with Gasteiger partial charge in [-0.15, -0.1) is 0 Å². The molecule has 1 aliphatic heterocycles. The molecule has 1 saturated heterocycles. The van der Waals surface area contributed by atoms with Gasteiger partial charge in [-0.25, -0.2) is 0 Å². The van der Waals surface area contributed by atoms with Crippen molar-refractivity contribution in [1.29, 1.82) is 0 Å². The number of likely N-dealkylation sites (tertiary alicyclic amines) is 1. The lowest BCUT2D eigenvalue weighted by atomic mass is 9.95. The zero-order valence-electron chi connectivity index (χ0n) is 9.32. The summed E-state index contributed by atoms with van der Waals surface area (Å²) >= 11 is 0. The summed E-state index contributed by atoms with van der Waals surface area (Å²) in [4.78, 5) is 6.90. The molecule has 0 saturated carbocycles. The van der Waals surface area contributed by atoms with Crippen LogP contribution in [0.3, 0.4) is 0 Å². The second-order valence-electron chi connectivity index (χ2n) is 4.39. The Morgan fingerprint density at radius 1 is 1.40 bits per heavy atom. The molecule has 1 aromatic rings. The first kappa shape index (κ1) is 10.6. The van der Waals surface area contributed by atoms with E-state index in [9.17, 15) is 0 Å². The highest BCUT2D eigenvalue weighted by Crippen LogP contribution is 2.28. The van der Waals surface area contributed by atoms with Crippen LogP contribution in [0.5, 0.6) is 0 Å². The van der Waals surface area contributed by atoms with Crippen LogP contribution in [0.4, 0.5) is 0 Å². The fourth-order valence-corrected chi connectivity index (χ4v) is 2.29. The highest BCUT2D eigenvalue weighted by molar-refractivity contribution is 5.16. The molecule has 0 aromatic carbocycles. The van der Waals surface area contributed by atoms with Gasteiger partial charge >= 0.3 is 0 Å². The lowest BCUT2D eigenvalue weighted by molar-refractivity contribution is 0.138. The Kier molecular flexibility index (Phi) is 3.03. The first-order valence-electron chi connectivity index (χ1n) is 5.64. The summed E-state index contributed by atoms with van der Waals surface area (Å²) in [7, 11) is 0. The van der Waals surface area contributed by atoms with E-state index in [-0.39, 0.29) is 5.54 Å². The first-order valence-corrected chi connectivity index (χ1v) is 5.64. The minimum Gasteiger partial charge on any atom is -0.328 e. The molecule has 15 heavy (non-hydrogen) atoms. The number of pyridine rings is 1. The van der Waals surface area contributed by atoms with Crippen molar-refractivity contribution in [2.24, 2.45) is 5.73 Å². The fourth-order valence-electron chi connectivity index (χ4n) is 2.29. The predicted octanol–water partition coefficient (Wildman–Crippen LogP) is 1.35. The van der Waals surface area contributed by atoms with Crippen LogP contribution in [0.15, 0.2) is 24.4 Å². The van der Waals surface area contributed by atoms with Crippen LogP contribution in [0.1, 0.15) is 25.5 Å². The maximum absolute atomic E-state index is 5.94. The molecule has 3 nitrogen and oxygen atoms in total. The van der Waals surface area contributed by atoms with Crippen molar-refractivity contribution in [2.75, 3.05) is 19.6 Å². The number of rotatable bonds is 3. The summed E-state index contributed by atoms with van der Waals surface area (Å²) in [6.07, 6.45) is 4.41. The second kappa shape index (κ2) is 4.29. The summed E-state index contributed by atoms with van der Waals surface area (Å²) in [6.45, 7) is 5.11. The monoisotopic (exact) mass is 205 g/mol. The van der Waals surface area contributed by atoms with Gasteiger partial charge in [0.15, 0.2) is 0 Å². The van der Waals surface area contributed by atoms with E-state index in [1.165, 1.54) is 12.8 Å². The van der Waals surface area contributed by atoms with Gasteiger partial charge in [0.25, 0.3) is 0 Å².